The number of halogens is 1. The van der Waals surface area contributed by atoms with Crippen molar-refractivity contribution in [1.29, 1.82) is 0 Å². The Hall–Kier alpha value is -1.91. The fraction of sp³-hybridized carbons (Fsp3) is 0.111. The summed E-state index contributed by atoms with van der Waals surface area (Å²) in [7, 11) is 1.26. The van der Waals surface area contributed by atoms with Gasteiger partial charge in [-0.1, -0.05) is 0 Å². The second kappa shape index (κ2) is 3.10. The number of aromatic amines is 1. The summed E-state index contributed by atoms with van der Waals surface area (Å²) in [4.78, 5) is 17.6. The summed E-state index contributed by atoms with van der Waals surface area (Å²) in [5, 5.41) is 0.285. The molecule has 2 heterocycles. The maximum Gasteiger partial charge on any atom is 0.339 e. The molecule has 0 radical (unpaired) electrons. The van der Waals surface area contributed by atoms with Gasteiger partial charge in [0.05, 0.1) is 18.1 Å². The number of esters is 1. The third-order valence-corrected chi connectivity index (χ3v) is 1.90. The standard InChI is InChI=1S/C9H7FN2O2/c1-14-9(13)5-2-6-7(10)4-12-8(6)11-3-5/h2-4H,1H3,(H,11,12). The van der Waals surface area contributed by atoms with Crippen molar-refractivity contribution in [2.24, 2.45) is 0 Å². The first-order chi connectivity index (χ1) is 6.72. The number of aromatic nitrogens is 2. The first-order valence-electron chi connectivity index (χ1n) is 3.93. The van der Waals surface area contributed by atoms with Gasteiger partial charge in [-0.2, -0.15) is 0 Å². The Kier molecular flexibility index (Phi) is 1.92. The lowest BCUT2D eigenvalue weighted by atomic mass is 10.2. The minimum atomic E-state index is -0.528. The lowest BCUT2D eigenvalue weighted by molar-refractivity contribution is 0.0600. The lowest BCUT2D eigenvalue weighted by Gasteiger charge is -1.97. The molecule has 0 aromatic carbocycles. The molecule has 0 saturated carbocycles. The summed E-state index contributed by atoms with van der Waals surface area (Å²) in [6.07, 6.45) is 2.53. The number of methoxy groups -OCH3 is 1. The van der Waals surface area contributed by atoms with Crippen LogP contribution >= 0.6 is 0 Å². The van der Waals surface area contributed by atoms with Crippen molar-refractivity contribution in [3.05, 3.63) is 29.8 Å². The molecule has 72 valence electrons. The van der Waals surface area contributed by atoms with Gasteiger partial charge in [-0.05, 0) is 6.07 Å². The van der Waals surface area contributed by atoms with Gasteiger partial charge in [0.1, 0.15) is 11.5 Å². The smallest absolute Gasteiger partial charge is 0.339 e. The first kappa shape index (κ1) is 8.68. The largest absolute Gasteiger partial charge is 0.465 e. The van der Waals surface area contributed by atoms with Crippen LogP contribution < -0.4 is 0 Å². The van der Waals surface area contributed by atoms with Crippen LogP contribution in [0.2, 0.25) is 0 Å². The summed E-state index contributed by atoms with van der Waals surface area (Å²) in [6, 6.07) is 1.40. The highest BCUT2D eigenvalue weighted by molar-refractivity contribution is 5.93. The maximum atomic E-state index is 13.1. The van der Waals surface area contributed by atoms with Gasteiger partial charge in [-0.3, -0.25) is 0 Å². The fourth-order valence-electron chi connectivity index (χ4n) is 1.20. The molecule has 0 bridgehead atoms. The summed E-state index contributed by atoms with van der Waals surface area (Å²) in [5.74, 6) is -0.960. The van der Waals surface area contributed by atoms with Gasteiger partial charge in [-0.25, -0.2) is 14.2 Å². The zero-order valence-corrected chi connectivity index (χ0v) is 7.37. The average molecular weight is 194 g/mol. The van der Waals surface area contributed by atoms with E-state index in [-0.39, 0.29) is 10.9 Å². The van der Waals surface area contributed by atoms with Crippen LogP contribution in [0.4, 0.5) is 4.39 Å². The molecule has 0 aliphatic heterocycles. The van der Waals surface area contributed by atoms with Gasteiger partial charge in [0.2, 0.25) is 0 Å². The molecular formula is C9H7FN2O2. The third kappa shape index (κ3) is 1.22. The molecule has 0 spiro atoms. The topological polar surface area (TPSA) is 55.0 Å². The van der Waals surface area contributed by atoms with Crippen molar-refractivity contribution in [3.63, 3.8) is 0 Å². The van der Waals surface area contributed by atoms with Gasteiger partial charge < -0.3 is 9.72 Å². The van der Waals surface area contributed by atoms with E-state index < -0.39 is 11.8 Å². The van der Waals surface area contributed by atoms with Crippen LogP contribution in [0.25, 0.3) is 11.0 Å². The van der Waals surface area contributed by atoms with Crippen molar-refractivity contribution in [2.45, 2.75) is 0 Å². The molecule has 14 heavy (non-hydrogen) atoms. The first-order valence-corrected chi connectivity index (χ1v) is 3.93. The maximum absolute atomic E-state index is 13.1. The van der Waals surface area contributed by atoms with Crippen LogP contribution in [-0.4, -0.2) is 23.0 Å². The molecular weight excluding hydrogens is 187 g/mol. The van der Waals surface area contributed by atoms with Crippen molar-refractivity contribution in [3.8, 4) is 0 Å². The summed E-state index contributed by atoms with van der Waals surface area (Å²) >= 11 is 0. The van der Waals surface area contributed by atoms with Gasteiger partial charge >= 0.3 is 5.97 Å². The molecule has 0 aliphatic rings. The Balaban J connectivity index is 2.60. The van der Waals surface area contributed by atoms with E-state index in [9.17, 15) is 9.18 Å². The third-order valence-electron chi connectivity index (χ3n) is 1.90. The van der Waals surface area contributed by atoms with Gasteiger partial charge in [-0.15, -0.1) is 0 Å². The monoisotopic (exact) mass is 194 g/mol. The van der Waals surface area contributed by atoms with Crippen LogP contribution in [0.5, 0.6) is 0 Å². The number of pyridine rings is 1. The summed E-state index contributed by atoms with van der Waals surface area (Å²) < 4.78 is 17.6. The molecule has 1 N–H and O–H groups in total. The Labute approximate surface area is 78.7 Å². The van der Waals surface area contributed by atoms with Crippen LogP contribution in [-0.2, 0) is 4.74 Å². The Morgan fingerprint density at radius 3 is 3.14 bits per heavy atom. The second-order valence-corrected chi connectivity index (χ2v) is 2.75. The number of hydrogen-bond donors (Lipinski definition) is 1. The van der Waals surface area contributed by atoms with Crippen LogP contribution in [0.1, 0.15) is 10.4 Å². The zero-order chi connectivity index (χ0) is 10.1. The Morgan fingerprint density at radius 1 is 1.64 bits per heavy atom. The number of hydrogen-bond acceptors (Lipinski definition) is 3. The number of nitrogens with one attached hydrogen (secondary N) is 1. The van der Waals surface area contributed by atoms with Crippen LogP contribution in [0.15, 0.2) is 18.5 Å². The number of rotatable bonds is 1. The minimum absolute atomic E-state index is 0.235. The quantitative estimate of drug-likeness (QED) is 0.699. The Morgan fingerprint density at radius 2 is 2.43 bits per heavy atom. The zero-order valence-electron chi connectivity index (χ0n) is 7.37. The molecule has 0 unspecified atom stereocenters. The second-order valence-electron chi connectivity index (χ2n) is 2.75. The van der Waals surface area contributed by atoms with E-state index in [1.54, 1.807) is 0 Å². The predicted molar refractivity (Wildman–Crippen MR) is 47.4 cm³/mol. The number of ether oxygens (including phenoxy) is 1. The van der Waals surface area contributed by atoms with E-state index in [2.05, 4.69) is 14.7 Å². The molecule has 0 amide bonds. The van der Waals surface area contributed by atoms with E-state index in [0.29, 0.717) is 5.65 Å². The van der Waals surface area contributed by atoms with E-state index in [1.807, 2.05) is 0 Å². The predicted octanol–water partition coefficient (Wildman–Crippen LogP) is 1.49. The van der Waals surface area contributed by atoms with Gasteiger partial charge in [0.15, 0.2) is 0 Å². The summed E-state index contributed by atoms with van der Waals surface area (Å²) in [5.41, 5.74) is 0.647. The normalized spacial score (nSPS) is 10.4. The van der Waals surface area contributed by atoms with E-state index in [0.717, 1.165) is 0 Å². The molecule has 2 aromatic heterocycles. The number of H-pyrrole nitrogens is 1. The van der Waals surface area contributed by atoms with E-state index in [1.165, 1.54) is 25.6 Å². The Bertz CT molecular complexity index is 493. The van der Waals surface area contributed by atoms with Crippen molar-refractivity contribution < 1.29 is 13.9 Å². The van der Waals surface area contributed by atoms with Crippen molar-refractivity contribution in [1.82, 2.24) is 9.97 Å². The fourth-order valence-corrected chi connectivity index (χ4v) is 1.20. The van der Waals surface area contributed by atoms with E-state index in [4.69, 9.17) is 0 Å². The molecule has 0 aliphatic carbocycles. The van der Waals surface area contributed by atoms with Gasteiger partial charge in [0.25, 0.3) is 0 Å². The molecule has 2 rings (SSSR count). The highest BCUT2D eigenvalue weighted by atomic mass is 19.1. The SMILES string of the molecule is COC(=O)c1cnc2[nH]cc(F)c2c1. The molecule has 4 nitrogen and oxygen atoms in total. The number of nitrogens with zero attached hydrogens (tertiary/aromatic N) is 1. The van der Waals surface area contributed by atoms with Gasteiger partial charge in [0, 0.05) is 12.4 Å². The minimum Gasteiger partial charge on any atom is -0.465 e. The summed E-state index contributed by atoms with van der Waals surface area (Å²) in [6.45, 7) is 0. The molecule has 0 fully saturated rings. The number of fused-ring (bicyclic) bond motifs is 1. The lowest BCUT2D eigenvalue weighted by Crippen LogP contribution is -2.01. The number of carbonyl (C=O) groups is 1. The molecule has 0 saturated heterocycles. The molecule has 0 atom stereocenters. The van der Waals surface area contributed by atoms with Crippen LogP contribution in [0, 0.1) is 5.82 Å². The highest BCUT2D eigenvalue weighted by Gasteiger charge is 2.10. The van der Waals surface area contributed by atoms with Crippen molar-refractivity contribution in [2.75, 3.05) is 7.11 Å². The molecule has 5 heteroatoms. The van der Waals surface area contributed by atoms with E-state index >= 15 is 0 Å². The average Bonchev–Trinajstić information content (AvgIpc) is 2.59. The highest BCUT2D eigenvalue weighted by Crippen LogP contribution is 2.16. The van der Waals surface area contributed by atoms with Crippen molar-refractivity contribution >= 4 is 17.0 Å². The number of carbonyl (C=O) groups excluding carboxylic acids is 1. The molecule has 2 aromatic rings. The van der Waals surface area contributed by atoms with Crippen LogP contribution in [0.3, 0.4) is 0 Å².